The van der Waals surface area contributed by atoms with E-state index >= 15 is 0 Å². The molecule has 1 aromatic carbocycles. The summed E-state index contributed by atoms with van der Waals surface area (Å²) >= 11 is 0. The molecular formula is C28H38CuN8O3Si. The van der Waals surface area contributed by atoms with Crippen molar-refractivity contribution in [2.75, 3.05) is 24.2 Å². The summed E-state index contributed by atoms with van der Waals surface area (Å²) in [7, 11) is 0.646. The van der Waals surface area contributed by atoms with Gasteiger partial charge in [0.25, 0.3) is 0 Å². The van der Waals surface area contributed by atoms with Crippen LogP contribution in [0, 0.1) is 5.92 Å². The molecule has 223 valence electrons. The first-order chi connectivity index (χ1) is 19.0. The maximum absolute atomic E-state index is 13.6. The molecule has 3 N–H and O–H groups in total. The number of nitrogen functional groups attached to an aromatic ring is 1. The maximum atomic E-state index is 13.6. The number of ether oxygens (including phenoxy) is 1. The maximum Gasteiger partial charge on any atom is 0.314 e. The smallest absolute Gasteiger partial charge is 0.314 e. The number of pyridine rings is 1. The van der Waals surface area contributed by atoms with Crippen molar-refractivity contribution < 1.29 is 31.4 Å². The van der Waals surface area contributed by atoms with E-state index in [0.717, 1.165) is 35.4 Å². The van der Waals surface area contributed by atoms with Crippen molar-refractivity contribution in [2.24, 2.45) is 13.0 Å². The second-order valence-corrected chi connectivity index (χ2v) is 17.7. The number of benzene rings is 1. The number of rotatable bonds is 7. The molecule has 1 aliphatic heterocycles. The number of likely N-dealkylation sites (tertiary alicyclic amines) is 1. The van der Waals surface area contributed by atoms with Gasteiger partial charge in [-0.1, -0.05) is 32.6 Å². The molecule has 4 heterocycles. The van der Waals surface area contributed by atoms with Crippen molar-refractivity contribution in [2.45, 2.75) is 58.2 Å². The molecule has 2 atom stereocenters. The standard InChI is InChI=1S/C28H38N8O3Si.Cu/c1-18-6-9-24(19-7-8-22-20(12-19)16-34(2)33-22)35(15-18)28(38)27(37)32-23-14-30-26(29)21-13-31-36(25(21)23)17-39-10-11-40(3,4)5;/h7-8,12-14,16,18,24H,6,9-11,15,17H2,1-5H3,(H2,29,30)(H,32,37);/t18-,24+;/m0./s1. The van der Waals surface area contributed by atoms with Crippen LogP contribution in [0.25, 0.3) is 21.8 Å². The van der Waals surface area contributed by atoms with Crippen LogP contribution < -0.4 is 11.1 Å². The Bertz CT molecular complexity index is 1560. The Balaban J connectivity index is 0.00000387. The first-order valence-corrected chi connectivity index (χ1v) is 17.4. The number of hydrogen-bond donors (Lipinski definition) is 2. The Morgan fingerprint density at radius 1 is 1.20 bits per heavy atom. The molecule has 1 aliphatic rings. The number of piperidine rings is 1. The van der Waals surface area contributed by atoms with Crippen LogP contribution in [0.1, 0.15) is 31.4 Å². The van der Waals surface area contributed by atoms with Crippen molar-refractivity contribution in [3.63, 3.8) is 0 Å². The van der Waals surface area contributed by atoms with Crippen molar-refractivity contribution in [1.29, 1.82) is 0 Å². The molecule has 4 aromatic rings. The Morgan fingerprint density at radius 2 is 1.98 bits per heavy atom. The largest absolute Gasteiger partial charge is 0.383 e. The van der Waals surface area contributed by atoms with E-state index in [2.05, 4.69) is 53.1 Å². The summed E-state index contributed by atoms with van der Waals surface area (Å²) in [5, 5.41) is 13.3. The molecule has 1 saturated heterocycles. The molecule has 3 aromatic heterocycles. The van der Waals surface area contributed by atoms with E-state index < -0.39 is 19.9 Å². The van der Waals surface area contributed by atoms with Gasteiger partial charge in [0.1, 0.15) is 12.5 Å². The number of aryl methyl sites for hydroxylation is 1. The SMILES string of the molecule is C[C@H]1CC[C@H](c2ccc3nn(C)cc3c2)N(C(=O)C(=O)Nc2cnc(N)c3cnn(COCC[Si](C)(C)C)c23)C1.[Cu]. The zero-order chi connectivity index (χ0) is 28.6. The van der Waals surface area contributed by atoms with Crippen LogP contribution in [-0.2, 0) is 45.2 Å². The molecule has 41 heavy (non-hydrogen) atoms. The number of anilines is 2. The predicted octanol–water partition coefficient (Wildman–Crippen LogP) is 4.15. The Kier molecular flexibility index (Phi) is 9.22. The van der Waals surface area contributed by atoms with Crippen molar-refractivity contribution in [3.05, 3.63) is 42.4 Å². The first-order valence-electron chi connectivity index (χ1n) is 13.7. The molecule has 5 rings (SSSR count). The monoisotopic (exact) mass is 625 g/mol. The molecule has 13 heteroatoms. The van der Waals surface area contributed by atoms with Gasteiger partial charge in [0.2, 0.25) is 0 Å². The van der Waals surface area contributed by atoms with Crippen molar-refractivity contribution >= 4 is 53.2 Å². The van der Waals surface area contributed by atoms with Gasteiger partial charge in [-0.3, -0.25) is 14.3 Å². The number of fused-ring (bicyclic) bond motifs is 2. The number of carbonyl (C=O) groups excluding carboxylic acids is 2. The number of nitrogens with zero attached hydrogens (tertiary/aromatic N) is 6. The van der Waals surface area contributed by atoms with Gasteiger partial charge in [-0.25, -0.2) is 9.67 Å². The molecule has 0 unspecified atom stereocenters. The Labute approximate surface area is 251 Å². The first kappa shape index (κ1) is 30.7. The van der Waals surface area contributed by atoms with E-state index in [4.69, 9.17) is 10.5 Å². The third kappa shape index (κ3) is 6.80. The van der Waals surface area contributed by atoms with Gasteiger partial charge in [-0.15, -0.1) is 0 Å². The normalized spacial score (nSPS) is 17.5. The number of hydrogen-bond acceptors (Lipinski definition) is 7. The summed E-state index contributed by atoms with van der Waals surface area (Å²) < 4.78 is 9.31. The molecule has 2 amide bonds. The van der Waals surface area contributed by atoms with Crippen LogP contribution in [0.2, 0.25) is 25.7 Å². The molecule has 11 nitrogen and oxygen atoms in total. The molecule has 0 bridgehead atoms. The summed E-state index contributed by atoms with van der Waals surface area (Å²) in [5.41, 5.74) is 8.94. The van der Waals surface area contributed by atoms with Gasteiger partial charge in [0, 0.05) is 56.9 Å². The number of aromatic nitrogens is 5. The molecule has 1 radical (unpaired) electrons. The Hall–Kier alpha value is -3.25. The second kappa shape index (κ2) is 12.3. The topological polar surface area (TPSA) is 133 Å². The zero-order valence-electron chi connectivity index (χ0n) is 24.1. The Morgan fingerprint density at radius 3 is 2.73 bits per heavy atom. The van der Waals surface area contributed by atoms with Crippen LogP contribution in [-0.4, -0.2) is 62.5 Å². The van der Waals surface area contributed by atoms with Crippen molar-refractivity contribution in [3.8, 4) is 0 Å². The number of amides is 2. The molecular weight excluding hydrogens is 588 g/mol. The molecule has 0 aliphatic carbocycles. The molecule has 1 fully saturated rings. The quantitative estimate of drug-likeness (QED) is 0.179. The van der Waals surface area contributed by atoms with E-state index in [1.54, 1.807) is 20.5 Å². The average Bonchev–Trinajstić information content (AvgIpc) is 3.50. The molecule has 0 saturated carbocycles. The van der Waals surface area contributed by atoms with Crippen molar-refractivity contribution in [1.82, 2.24) is 29.4 Å². The van der Waals surface area contributed by atoms with Crippen LogP contribution in [0.3, 0.4) is 0 Å². The van der Waals surface area contributed by atoms with Crippen LogP contribution >= 0.6 is 0 Å². The number of carbonyl (C=O) groups is 2. The third-order valence-electron chi connectivity index (χ3n) is 7.46. The van der Waals surface area contributed by atoms with Gasteiger partial charge in [-0.2, -0.15) is 10.2 Å². The van der Waals surface area contributed by atoms with E-state index in [-0.39, 0.29) is 35.8 Å². The average molecular weight is 626 g/mol. The number of nitrogens with one attached hydrogen (secondary N) is 1. The minimum absolute atomic E-state index is 0. The minimum Gasteiger partial charge on any atom is -0.383 e. The van der Waals surface area contributed by atoms with Gasteiger partial charge in [0.15, 0.2) is 0 Å². The predicted molar refractivity (Wildman–Crippen MR) is 158 cm³/mol. The van der Waals surface area contributed by atoms with Gasteiger partial charge < -0.3 is 20.7 Å². The van der Waals surface area contributed by atoms with Crippen LogP contribution in [0.5, 0.6) is 0 Å². The van der Waals surface area contributed by atoms with Gasteiger partial charge >= 0.3 is 11.8 Å². The second-order valence-electron chi connectivity index (χ2n) is 12.0. The van der Waals surface area contributed by atoms with Gasteiger partial charge in [-0.05, 0) is 42.5 Å². The summed E-state index contributed by atoms with van der Waals surface area (Å²) in [6, 6.07) is 6.86. The van der Waals surface area contributed by atoms with Crippen LogP contribution in [0.15, 0.2) is 36.8 Å². The molecule has 0 spiro atoms. The van der Waals surface area contributed by atoms with Gasteiger partial charge in [0.05, 0.1) is 40.5 Å². The summed E-state index contributed by atoms with van der Waals surface area (Å²) in [5.74, 6) is -0.717. The third-order valence-corrected chi connectivity index (χ3v) is 9.17. The fourth-order valence-electron chi connectivity index (χ4n) is 5.25. The van der Waals surface area contributed by atoms with E-state index in [1.807, 2.05) is 25.4 Å². The fraction of sp³-hybridized carbons (Fsp3) is 0.464. The fourth-order valence-corrected chi connectivity index (χ4v) is 6.00. The van der Waals surface area contributed by atoms with Crippen LogP contribution in [0.4, 0.5) is 11.5 Å². The number of nitrogens with two attached hydrogens (primary N) is 1. The summed E-state index contributed by atoms with van der Waals surface area (Å²) in [4.78, 5) is 33.0. The van der Waals surface area contributed by atoms with E-state index in [0.29, 0.717) is 35.6 Å². The summed E-state index contributed by atoms with van der Waals surface area (Å²) in [6.07, 6.45) is 6.78. The minimum atomic E-state index is -1.24. The van der Waals surface area contributed by atoms with E-state index in [1.165, 1.54) is 6.20 Å². The van der Waals surface area contributed by atoms with E-state index in [9.17, 15) is 9.59 Å². The summed E-state index contributed by atoms with van der Waals surface area (Å²) in [6.45, 7) is 10.3. The zero-order valence-corrected chi connectivity index (χ0v) is 26.1.